The third kappa shape index (κ3) is 55.3. The van der Waals surface area contributed by atoms with Crippen molar-refractivity contribution in [1.29, 1.82) is 0 Å². The molecule has 0 aromatic carbocycles. The molecule has 0 unspecified atom stereocenters. The monoisotopic (exact) mass is 961 g/mol. The highest BCUT2D eigenvalue weighted by Crippen LogP contribution is 2.19. The number of hydrogen-bond acceptors (Lipinski definition) is 6. The van der Waals surface area contributed by atoms with E-state index in [9.17, 15) is 14.4 Å². The molecule has 0 saturated heterocycles. The third-order valence-corrected chi connectivity index (χ3v) is 14.2. The molecule has 1 atom stereocenters. The molecule has 6 nitrogen and oxygen atoms in total. The summed E-state index contributed by atoms with van der Waals surface area (Å²) >= 11 is 0. The van der Waals surface area contributed by atoms with Gasteiger partial charge in [-0.2, -0.15) is 0 Å². The molecule has 0 heterocycles. The second-order valence-electron chi connectivity index (χ2n) is 22.3. The van der Waals surface area contributed by atoms with E-state index in [1.54, 1.807) is 0 Å². The normalized spacial score (nSPS) is 12.0. The Morgan fingerprint density at radius 2 is 0.485 bits per heavy atom. The van der Waals surface area contributed by atoms with Crippen LogP contribution in [0.15, 0.2) is 0 Å². The molecule has 0 rings (SSSR count). The Morgan fingerprint density at radius 3 is 0.721 bits per heavy atom. The first-order chi connectivity index (χ1) is 33.2. The molecule has 0 aromatic heterocycles. The zero-order chi connectivity index (χ0) is 49.6. The molecule has 0 spiro atoms. The summed E-state index contributed by atoms with van der Waals surface area (Å²) in [6.45, 7) is 11.4. The molecule has 6 heteroatoms. The van der Waals surface area contributed by atoms with Gasteiger partial charge in [0.05, 0.1) is 0 Å². The molecule has 0 radical (unpaired) electrons. The van der Waals surface area contributed by atoms with E-state index in [-0.39, 0.29) is 31.1 Å². The van der Waals surface area contributed by atoms with Gasteiger partial charge >= 0.3 is 17.9 Å². The van der Waals surface area contributed by atoms with Gasteiger partial charge in [0.25, 0.3) is 0 Å². The molecule has 0 N–H and O–H groups in total. The van der Waals surface area contributed by atoms with Gasteiger partial charge in [-0.05, 0) is 31.1 Å². The zero-order valence-electron chi connectivity index (χ0n) is 46.7. The second-order valence-corrected chi connectivity index (χ2v) is 22.3. The summed E-state index contributed by atoms with van der Waals surface area (Å²) in [6.07, 6.45) is 59.8. The fourth-order valence-electron chi connectivity index (χ4n) is 9.58. The lowest BCUT2D eigenvalue weighted by molar-refractivity contribution is -0.167. The van der Waals surface area contributed by atoms with Crippen LogP contribution in [0.4, 0.5) is 0 Å². The van der Waals surface area contributed by atoms with Crippen LogP contribution in [0.25, 0.3) is 0 Å². The summed E-state index contributed by atoms with van der Waals surface area (Å²) in [5, 5.41) is 0. The van der Waals surface area contributed by atoms with Crippen molar-refractivity contribution in [2.24, 2.45) is 11.8 Å². The van der Waals surface area contributed by atoms with Crippen LogP contribution < -0.4 is 0 Å². The second kappa shape index (κ2) is 54.7. The molecule has 0 aliphatic carbocycles. The van der Waals surface area contributed by atoms with Gasteiger partial charge in [-0.3, -0.25) is 14.4 Å². The van der Waals surface area contributed by atoms with Gasteiger partial charge in [0.15, 0.2) is 6.10 Å². The lowest BCUT2D eigenvalue weighted by Crippen LogP contribution is -2.30. The minimum Gasteiger partial charge on any atom is -0.462 e. The van der Waals surface area contributed by atoms with Crippen molar-refractivity contribution in [2.75, 3.05) is 13.2 Å². The predicted octanol–water partition coefficient (Wildman–Crippen LogP) is 20.4. The summed E-state index contributed by atoms with van der Waals surface area (Å²) in [5.74, 6) is 0.800. The van der Waals surface area contributed by atoms with Crippen molar-refractivity contribution in [3.63, 3.8) is 0 Å². The number of esters is 3. The third-order valence-electron chi connectivity index (χ3n) is 14.2. The molecule has 0 amide bonds. The minimum absolute atomic E-state index is 0.0629. The van der Waals surface area contributed by atoms with Crippen LogP contribution in [0.1, 0.15) is 349 Å². The van der Waals surface area contributed by atoms with Crippen LogP contribution in [-0.4, -0.2) is 37.2 Å². The number of ether oxygens (including phenoxy) is 3. The van der Waals surface area contributed by atoms with Crippen molar-refractivity contribution in [2.45, 2.75) is 355 Å². The van der Waals surface area contributed by atoms with Crippen LogP contribution in [0, 0.1) is 11.8 Å². The lowest BCUT2D eigenvalue weighted by atomic mass is 10.0. The van der Waals surface area contributed by atoms with Gasteiger partial charge in [-0.25, -0.2) is 0 Å². The van der Waals surface area contributed by atoms with Crippen LogP contribution in [0.5, 0.6) is 0 Å². The minimum atomic E-state index is -0.763. The molecule has 0 saturated carbocycles. The number of carbonyl (C=O) groups is 3. The number of rotatable bonds is 56. The van der Waals surface area contributed by atoms with Crippen molar-refractivity contribution in [1.82, 2.24) is 0 Å². The van der Waals surface area contributed by atoms with Gasteiger partial charge < -0.3 is 14.2 Å². The number of unbranched alkanes of at least 4 members (excludes halogenated alkanes) is 41. The van der Waals surface area contributed by atoms with Crippen LogP contribution in [0.3, 0.4) is 0 Å². The average Bonchev–Trinajstić information content (AvgIpc) is 3.31. The van der Waals surface area contributed by atoms with E-state index in [1.807, 2.05) is 0 Å². The Kier molecular flexibility index (Phi) is 53.5. The van der Waals surface area contributed by atoms with E-state index in [2.05, 4.69) is 34.6 Å². The van der Waals surface area contributed by atoms with Crippen molar-refractivity contribution in [3.8, 4) is 0 Å². The Labute approximate surface area is 425 Å². The summed E-state index contributed by atoms with van der Waals surface area (Å²) < 4.78 is 16.9. The highest BCUT2D eigenvalue weighted by atomic mass is 16.6. The van der Waals surface area contributed by atoms with Gasteiger partial charge in [0.1, 0.15) is 13.2 Å². The highest BCUT2D eigenvalue weighted by Gasteiger charge is 2.19. The van der Waals surface area contributed by atoms with E-state index in [0.29, 0.717) is 19.3 Å². The Bertz CT molecular complexity index is 1040. The van der Waals surface area contributed by atoms with Crippen molar-refractivity contribution < 1.29 is 28.6 Å². The first kappa shape index (κ1) is 66.4. The zero-order valence-corrected chi connectivity index (χ0v) is 46.7. The van der Waals surface area contributed by atoms with Crippen LogP contribution >= 0.6 is 0 Å². The van der Waals surface area contributed by atoms with Crippen molar-refractivity contribution in [3.05, 3.63) is 0 Å². The number of hydrogen-bond donors (Lipinski definition) is 0. The molecular formula is C62H120O6. The molecule has 0 bridgehead atoms. The topological polar surface area (TPSA) is 78.9 Å². The van der Waals surface area contributed by atoms with E-state index >= 15 is 0 Å². The van der Waals surface area contributed by atoms with Gasteiger partial charge in [0, 0.05) is 19.3 Å². The summed E-state index contributed by atoms with van der Waals surface area (Å²) in [7, 11) is 0. The van der Waals surface area contributed by atoms with E-state index < -0.39 is 6.10 Å². The molecule has 0 aliphatic rings. The largest absolute Gasteiger partial charge is 0.462 e. The predicted molar refractivity (Wildman–Crippen MR) is 293 cm³/mol. The van der Waals surface area contributed by atoms with E-state index in [4.69, 9.17) is 14.2 Å². The first-order valence-electron chi connectivity index (χ1n) is 30.7. The lowest BCUT2D eigenvalue weighted by Gasteiger charge is -2.18. The Morgan fingerprint density at radius 1 is 0.279 bits per heavy atom. The molecule has 0 aromatic rings. The fraction of sp³-hybridized carbons (Fsp3) is 0.952. The maximum atomic E-state index is 12.9. The Hall–Kier alpha value is -1.59. The van der Waals surface area contributed by atoms with Gasteiger partial charge in [-0.15, -0.1) is 0 Å². The Balaban J connectivity index is 4.20. The smallest absolute Gasteiger partial charge is 0.306 e. The SMILES string of the molecule is CCCCCCCCCCCCCCCCCCCCCC(=O)OC[C@H](COC(=O)CCCCCCCCCC(C)C)OC(=O)CCCCCCCCCCCCCCCCCCCCC(C)C. The summed E-state index contributed by atoms with van der Waals surface area (Å²) in [4.78, 5) is 38.2. The van der Waals surface area contributed by atoms with Gasteiger partial charge in [-0.1, -0.05) is 311 Å². The molecule has 404 valence electrons. The average molecular weight is 962 g/mol. The van der Waals surface area contributed by atoms with Gasteiger partial charge in [0.2, 0.25) is 0 Å². The summed E-state index contributed by atoms with van der Waals surface area (Å²) in [6, 6.07) is 0. The quantitative estimate of drug-likeness (QED) is 0.0343. The standard InChI is InChI=1S/C62H120O6/c1-6-7-8-9-10-11-12-13-14-15-16-20-23-26-29-32-37-42-47-52-60(63)66-55-59(56-67-61(64)53-48-43-39-34-36-41-46-51-58(4)5)68-62(65)54-49-44-38-33-30-27-24-21-18-17-19-22-25-28-31-35-40-45-50-57(2)3/h57-59H,6-56H2,1-5H3/t59-/m1/s1. The molecule has 68 heavy (non-hydrogen) atoms. The van der Waals surface area contributed by atoms with E-state index in [1.165, 1.54) is 238 Å². The van der Waals surface area contributed by atoms with Crippen LogP contribution in [0.2, 0.25) is 0 Å². The fourth-order valence-corrected chi connectivity index (χ4v) is 9.58. The molecular weight excluding hydrogens is 841 g/mol. The highest BCUT2D eigenvalue weighted by molar-refractivity contribution is 5.71. The first-order valence-corrected chi connectivity index (χ1v) is 30.7. The van der Waals surface area contributed by atoms with E-state index in [0.717, 1.165) is 69.6 Å². The molecule has 0 fully saturated rings. The summed E-state index contributed by atoms with van der Waals surface area (Å²) in [5.41, 5.74) is 0. The maximum absolute atomic E-state index is 12.9. The maximum Gasteiger partial charge on any atom is 0.306 e. The van der Waals surface area contributed by atoms with Crippen LogP contribution in [-0.2, 0) is 28.6 Å². The van der Waals surface area contributed by atoms with Crippen molar-refractivity contribution >= 4 is 17.9 Å². The number of carbonyl (C=O) groups excluding carboxylic acids is 3. The molecule has 0 aliphatic heterocycles.